The lowest BCUT2D eigenvalue weighted by atomic mass is 10.2. The first-order valence-electron chi connectivity index (χ1n) is 6.75. The fraction of sp³-hybridized carbons (Fsp3) is 0.0714. The number of nitrogens with zero attached hydrogens (tertiary/aromatic N) is 2. The summed E-state index contributed by atoms with van der Waals surface area (Å²) in [6.07, 6.45) is 0. The highest BCUT2D eigenvalue weighted by Gasteiger charge is 2.11. The van der Waals surface area contributed by atoms with Crippen LogP contribution in [0.3, 0.4) is 0 Å². The summed E-state index contributed by atoms with van der Waals surface area (Å²) >= 11 is 1.04. The molecule has 0 unspecified atom stereocenters. The van der Waals surface area contributed by atoms with Crippen LogP contribution in [-0.4, -0.2) is 31.8 Å². The Kier molecular flexibility index (Phi) is 4.57. The van der Waals surface area contributed by atoms with Gasteiger partial charge in [0.25, 0.3) is 10.8 Å². The smallest absolute Gasteiger partial charge is 0.327 e. The zero-order chi connectivity index (χ0) is 16.9. The molecule has 0 fully saturated rings. The van der Waals surface area contributed by atoms with Gasteiger partial charge in [-0.15, -0.1) is 10.2 Å². The molecular weight excluding hydrogens is 334 g/mol. The summed E-state index contributed by atoms with van der Waals surface area (Å²) < 4.78 is 5.46. The number of nitrogens with one attached hydrogen (secondary N) is 3. The molecule has 0 aliphatic carbocycles. The van der Waals surface area contributed by atoms with Gasteiger partial charge in [0, 0.05) is 11.6 Å². The van der Waals surface area contributed by atoms with Gasteiger partial charge in [-0.2, -0.15) is 0 Å². The van der Waals surface area contributed by atoms with Crippen LogP contribution in [0.1, 0.15) is 0 Å². The largest absolute Gasteiger partial charge is 0.411 e. The van der Waals surface area contributed by atoms with E-state index in [2.05, 4.69) is 20.5 Å². The third-order valence-corrected chi connectivity index (χ3v) is 3.61. The van der Waals surface area contributed by atoms with E-state index in [1.165, 1.54) is 0 Å². The molecule has 0 radical (unpaired) electrons. The first-order chi connectivity index (χ1) is 11.6. The summed E-state index contributed by atoms with van der Waals surface area (Å²) in [6.45, 7) is 0. The van der Waals surface area contributed by atoms with Gasteiger partial charge in [-0.05, 0) is 12.1 Å². The van der Waals surface area contributed by atoms with Gasteiger partial charge in [-0.1, -0.05) is 30.0 Å². The van der Waals surface area contributed by atoms with Crippen molar-refractivity contribution in [1.29, 1.82) is 0 Å². The maximum Gasteiger partial charge on any atom is 0.327 e. The molecule has 0 aliphatic heterocycles. The topological polar surface area (TPSA) is 134 Å². The average molecular weight is 345 g/mol. The standard InChI is InChI=1S/C14H11N5O4S/c20-10-6-9(16-13(22)17-10)15-11(21)7-24-14-19-18-12(23-14)8-4-2-1-3-5-8/h1-6H,7H2,(H3,15,16,17,20,21,22). The third kappa shape index (κ3) is 3.98. The van der Waals surface area contributed by atoms with E-state index < -0.39 is 17.2 Å². The molecule has 24 heavy (non-hydrogen) atoms. The summed E-state index contributed by atoms with van der Waals surface area (Å²) in [5, 5.41) is 10.4. The summed E-state index contributed by atoms with van der Waals surface area (Å²) in [5.41, 5.74) is -0.525. The minimum atomic E-state index is -0.699. The zero-order valence-electron chi connectivity index (χ0n) is 12.1. The second-order valence-corrected chi connectivity index (χ2v) is 5.50. The molecule has 0 aliphatic rings. The van der Waals surface area contributed by atoms with Gasteiger partial charge in [-0.3, -0.25) is 19.6 Å². The van der Waals surface area contributed by atoms with E-state index in [-0.39, 0.29) is 16.8 Å². The normalized spacial score (nSPS) is 10.5. The van der Waals surface area contributed by atoms with Crippen molar-refractivity contribution < 1.29 is 9.21 Å². The molecule has 122 valence electrons. The van der Waals surface area contributed by atoms with Crippen LogP contribution in [0.25, 0.3) is 11.5 Å². The van der Waals surface area contributed by atoms with Crippen molar-refractivity contribution in [3.05, 3.63) is 57.2 Å². The predicted molar refractivity (Wildman–Crippen MR) is 86.8 cm³/mol. The Morgan fingerprint density at radius 2 is 1.96 bits per heavy atom. The number of aromatic nitrogens is 4. The van der Waals surface area contributed by atoms with Crippen LogP contribution in [-0.2, 0) is 4.79 Å². The highest BCUT2D eigenvalue weighted by Crippen LogP contribution is 2.22. The van der Waals surface area contributed by atoms with Crippen LogP contribution in [0, 0.1) is 0 Å². The Morgan fingerprint density at radius 1 is 1.17 bits per heavy atom. The maximum absolute atomic E-state index is 11.8. The Bertz CT molecular complexity index is 935. The van der Waals surface area contributed by atoms with Crippen LogP contribution in [0.4, 0.5) is 5.82 Å². The van der Waals surface area contributed by atoms with Crippen LogP contribution in [0.5, 0.6) is 0 Å². The van der Waals surface area contributed by atoms with Crippen LogP contribution in [0.2, 0.25) is 0 Å². The monoisotopic (exact) mass is 345 g/mol. The Balaban J connectivity index is 1.60. The van der Waals surface area contributed by atoms with Gasteiger partial charge in [0.1, 0.15) is 5.82 Å². The first kappa shape index (κ1) is 15.7. The van der Waals surface area contributed by atoms with Crippen molar-refractivity contribution in [2.75, 3.05) is 11.1 Å². The molecule has 2 heterocycles. The number of benzene rings is 1. The number of carbonyl (C=O) groups excluding carboxylic acids is 1. The quantitative estimate of drug-likeness (QED) is 0.583. The molecule has 0 bridgehead atoms. The molecule has 3 N–H and O–H groups in total. The molecule has 1 aromatic carbocycles. The van der Waals surface area contributed by atoms with Crippen molar-refractivity contribution in [2.24, 2.45) is 0 Å². The van der Waals surface area contributed by atoms with E-state index in [1.54, 1.807) is 0 Å². The number of aromatic amines is 2. The molecule has 3 rings (SSSR count). The second kappa shape index (κ2) is 6.96. The van der Waals surface area contributed by atoms with Gasteiger partial charge in [0.15, 0.2) is 0 Å². The van der Waals surface area contributed by atoms with Crippen LogP contribution < -0.4 is 16.6 Å². The molecular formula is C14H11N5O4S. The summed E-state index contributed by atoms with van der Waals surface area (Å²) in [6, 6.07) is 10.3. The molecule has 2 aromatic heterocycles. The number of hydrogen-bond donors (Lipinski definition) is 3. The Hall–Kier alpha value is -3.14. The summed E-state index contributed by atoms with van der Waals surface area (Å²) in [4.78, 5) is 38.4. The number of hydrogen-bond acceptors (Lipinski definition) is 7. The van der Waals surface area contributed by atoms with Gasteiger partial charge >= 0.3 is 5.69 Å². The first-order valence-corrected chi connectivity index (χ1v) is 7.74. The predicted octanol–water partition coefficient (Wildman–Crippen LogP) is 0.844. The SMILES string of the molecule is O=C(CSc1nnc(-c2ccccc2)o1)Nc1cc(=O)[nH]c(=O)[nH]1. The Labute approximate surface area is 138 Å². The van der Waals surface area contributed by atoms with E-state index in [4.69, 9.17) is 4.42 Å². The highest BCUT2D eigenvalue weighted by atomic mass is 32.2. The van der Waals surface area contributed by atoms with Crippen LogP contribution in [0.15, 0.2) is 55.6 Å². The van der Waals surface area contributed by atoms with Gasteiger partial charge in [0.05, 0.1) is 5.75 Å². The number of amides is 1. The lowest BCUT2D eigenvalue weighted by Gasteiger charge is -2.02. The summed E-state index contributed by atoms with van der Waals surface area (Å²) in [7, 11) is 0. The Morgan fingerprint density at radius 3 is 2.71 bits per heavy atom. The van der Waals surface area contributed by atoms with E-state index in [0.29, 0.717) is 5.89 Å². The van der Waals surface area contributed by atoms with E-state index in [1.807, 2.05) is 35.3 Å². The molecule has 0 spiro atoms. The lowest BCUT2D eigenvalue weighted by molar-refractivity contribution is -0.113. The van der Waals surface area contributed by atoms with Crippen LogP contribution >= 0.6 is 11.8 Å². The zero-order valence-corrected chi connectivity index (χ0v) is 12.9. The number of carbonyl (C=O) groups is 1. The fourth-order valence-electron chi connectivity index (χ4n) is 1.82. The van der Waals surface area contributed by atoms with Crippen molar-refractivity contribution in [2.45, 2.75) is 5.22 Å². The van der Waals surface area contributed by atoms with E-state index in [0.717, 1.165) is 23.4 Å². The lowest BCUT2D eigenvalue weighted by Crippen LogP contribution is -2.25. The highest BCUT2D eigenvalue weighted by molar-refractivity contribution is 7.99. The van der Waals surface area contributed by atoms with Gasteiger partial charge in [-0.25, -0.2) is 4.79 Å². The number of anilines is 1. The maximum atomic E-state index is 11.8. The molecule has 0 saturated heterocycles. The third-order valence-electron chi connectivity index (χ3n) is 2.79. The molecule has 1 amide bonds. The van der Waals surface area contributed by atoms with Crippen molar-refractivity contribution in [3.63, 3.8) is 0 Å². The van der Waals surface area contributed by atoms with Gasteiger partial charge in [0.2, 0.25) is 11.8 Å². The molecule has 3 aromatic rings. The molecule has 10 heteroatoms. The fourth-order valence-corrected chi connectivity index (χ4v) is 2.38. The number of H-pyrrole nitrogens is 2. The van der Waals surface area contributed by atoms with Crippen molar-refractivity contribution >= 4 is 23.5 Å². The van der Waals surface area contributed by atoms with E-state index in [9.17, 15) is 14.4 Å². The van der Waals surface area contributed by atoms with E-state index >= 15 is 0 Å². The van der Waals surface area contributed by atoms with Crippen molar-refractivity contribution in [3.8, 4) is 11.5 Å². The minimum absolute atomic E-state index is 0.0184. The molecule has 0 atom stereocenters. The number of rotatable bonds is 5. The average Bonchev–Trinajstić information content (AvgIpc) is 3.02. The molecule has 9 nitrogen and oxygen atoms in total. The minimum Gasteiger partial charge on any atom is -0.411 e. The summed E-state index contributed by atoms with van der Waals surface area (Å²) in [5.74, 6) is -0.0753. The van der Waals surface area contributed by atoms with Gasteiger partial charge < -0.3 is 9.73 Å². The number of thioether (sulfide) groups is 1. The molecule has 0 saturated carbocycles. The second-order valence-electron chi connectivity index (χ2n) is 4.58. The van der Waals surface area contributed by atoms with Crippen molar-refractivity contribution in [1.82, 2.24) is 20.2 Å².